The summed E-state index contributed by atoms with van der Waals surface area (Å²) in [6.07, 6.45) is 2.93. The average molecular weight is 340 g/mol. The lowest BCUT2D eigenvalue weighted by Crippen LogP contribution is -2.13. The van der Waals surface area contributed by atoms with E-state index in [0.717, 1.165) is 29.8 Å². The Morgan fingerprint density at radius 1 is 1.38 bits per heavy atom. The molecule has 0 aliphatic heterocycles. The maximum atomic E-state index is 12.3. The third-order valence-corrected chi connectivity index (χ3v) is 6.04. The summed E-state index contributed by atoms with van der Waals surface area (Å²) in [7, 11) is -3.74. The van der Waals surface area contributed by atoms with E-state index in [-0.39, 0.29) is 15.5 Å². The predicted octanol–water partition coefficient (Wildman–Crippen LogP) is 2.96. The van der Waals surface area contributed by atoms with Crippen molar-refractivity contribution in [3.63, 3.8) is 0 Å². The van der Waals surface area contributed by atoms with Crippen LogP contribution in [0, 0.1) is 11.3 Å². The number of nitriles is 1. The van der Waals surface area contributed by atoms with Crippen molar-refractivity contribution >= 4 is 38.1 Å². The van der Waals surface area contributed by atoms with Crippen molar-refractivity contribution in [3.05, 3.63) is 39.4 Å². The molecule has 2 aromatic rings. The zero-order valence-corrected chi connectivity index (χ0v) is 13.1. The normalized spacial score (nSPS) is 13.7. The van der Waals surface area contributed by atoms with Crippen molar-refractivity contribution in [1.82, 2.24) is 4.98 Å². The smallest absolute Gasteiger partial charge is 0.255 e. The number of rotatable bonds is 3. The van der Waals surface area contributed by atoms with Gasteiger partial charge in [0.15, 0.2) is 5.13 Å². The molecule has 1 aromatic heterocycles. The Kier molecular flexibility index (Phi) is 3.61. The standard InChI is InChI=1S/C13H10ClN3O2S2/c14-10-6-9(5-4-8(10)7-15)21(18,19)17-13-16-11-2-1-3-12(11)20-13/h4-6H,1-3H2,(H,16,17). The molecule has 21 heavy (non-hydrogen) atoms. The largest absolute Gasteiger partial charge is 0.263 e. The SMILES string of the molecule is N#Cc1ccc(S(=O)(=O)Nc2nc3c(s2)CCC3)cc1Cl. The molecular formula is C13H10ClN3O2S2. The molecule has 3 rings (SSSR count). The number of aryl methyl sites for hydroxylation is 2. The molecule has 0 saturated carbocycles. The second-order valence-corrected chi connectivity index (χ2v) is 7.77. The first-order valence-electron chi connectivity index (χ1n) is 6.20. The van der Waals surface area contributed by atoms with E-state index in [9.17, 15) is 8.42 Å². The highest BCUT2D eigenvalue weighted by Gasteiger charge is 2.21. The summed E-state index contributed by atoms with van der Waals surface area (Å²) in [4.78, 5) is 5.46. The van der Waals surface area contributed by atoms with Crippen LogP contribution in [0.5, 0.6) is 0 Å². The number of hydrogen-bond acceptors (Lipinski definition) is 5. The second-order valence-electron chi connectivity index (χ2n) is 4.60. The van der Waals surface area contributed by atoms with Gasteiger partial charge in [0.05, 0.1) is 21.2 Å². The highest BCUT2D eigenvalue weighted by atomic mass is 35.5. The van der Waals surface area contributed by atoms with Gasteiger partial charge >= 0.3 is 0 Å². The Labute approximate surface area is 131 Å². The number of thiazole rings is 1. The molecule has 0 spiro atoms. The number of hydrogen-bond donors (Lipinski definition) is 1. The van der Waals surface area contributed by atoms with Gasteiger partial charge in [-0.15, -0.1) is 11.3 Å². The molecule has 1 heterocycles. The monoisotopic (exact) mass is 339 g/mol. The third-order valence-electron chi connectivity index (χ3n) is 3.19. The van der Waals surface area contributed by atoms with Crippen molar-refractivity contribution in [1.29, 1.82) is 5.26 Å². The van der Waals surface area contributed by atoms with Crippen molar-refractivity contribution in [2.24, 2.45) is 0 Å². The first kappa shape index (κ1) is 14.3. The summed E-state index contributed by atoms with van der Waals surface area (Å²) in [6, 6.07) is 5.90. The molecule has 1 N–H and O–H groups in total. The number of nitrogens with zero attached hydrogens (tertiary/aromatic N) is 2. The van der Waals surface area contributed by atoms with Crippen LogP contribution in [0.15, 0.2) is 23.1 Å². The lowest BCUT2D eigenvalue weighted by Gasteiger charge is -2.06. The molecule has 0 unspecified atom stereocenters. The summed E-state index contributed by atoms with van der Waals surface area (Å²) in [5, 5.41) is 9.29. The van der Waals surface area contributed by atoms with Gasteiger partial charge < -0.3 is 0 Å². The van der Waals surface area contributed by atoms with Crippen molar-refractivity contribution in [3.8, 4) is 6.07 Å². The van der Waals surface area contributed by atoms with Gasteiger partial charge in [0.25, 0.3) is 10.0 Å². The van der Waals surface area contributed by atoms with Crippen molar-refractivity contribution < 1.29 is 8.42 Å². The van der Waals surface area contributed by atoms with E-state index in [4.69, 9.17) is 16.9 Å². The van der Waals surface area contributed by atoms with Gasteiger partial charge in [-0.1, -0.05) is 11.6 Å². The van der Waals surface area contributed by atoms with Gasteiger partial charge in [0.1, 0.15) is 6.07 Å². The van der Waals surface area contributed by atoms with Crippen LogP contribution in [0.1, 0.15) is 22.6 Å². The summed E-state index contributed by atoms with van der Waals surface area (Å²) in [6.45, 7) is 0. The summed E-state index contributed by atoms with van der Waals surface area (Å²) in [5.41, 5.74) is 1.22. The van der Waals surface area contributed by atoms with Gasteiger partial charge in [0.2, 0.25) is 0 Å². The van der Waals surface area contributed by atoms with Crippen LogP contribution in [0.25, 0.3) is 0 Å². The lowest BCUT2D eigenvalue weighted by molar-refractivity contribution is 0.601. The minimum atomic E-state index is -3.74. The minimum absolute atomic E-state index is 0.0156. The zero-order valence-electron chi connectivity index (χ0n) is 10.8. The molecular weight excluding hydrogens is 330 g/mol. The molecule has 5 nitrogen and oxygen atoms in total. The number of benzene rings is 1. The average Bonchev–Trinajstić information content (AvgIpc) is 2.99. The van der Waals surface area contributed by atoms with Gasteiger partial charge in [-0.2, -0.15) is 5.26 Å². The maximum Gasteiger partial charge on any atom is 0.263 e. The summed E-state index contributed by atoms with van der Waals surface area (Å²) in [5.74, 6) is 0. The molecule has 1 aliphatic rings. The molecule has 0 fully saturated rings. The molecule has 0 amide bonds. The van der Waals surface area contributed by atoms with E-state index >= 15 is 0 Å². The maximum absolute atomic E-state index is 12.3. The van der Waals surface area contributed by atoms with Gasteiger partial charge in [-0.05, 0) is 37.5 Å². The van der Waals surface area contributed by atoms with E-state index in [2.05, 4.69) is 9.71 Å². The van der Waals surface area contributed by atoms with Crippen LogP contribution in [0.4, 0.5) is 5.13 Å². The summed E-state index contributed by atoms with van der Waals surface area (Å²) >= 11 is 7.24. The van der Waals surface area contributed by atoms with Crippen LogP contribution in [-0.4, -0.2) is 13.4 Å². The van der Waals surface area contributed by atoms with E-state index in [1.54, 1.807) is 0 Å². The van der Waals surface area contributed by atoms with Gasteiger partial charge in [-0.25, -0.2) is 13.4 Å². The number of nitrogens with one attached hydrogen (secondary N) is 1. The van der Waals surface area contributed by atoms with E-state index in [1.165, 1.54) is 29.5 Å². The predicted molar refractivity (Wildman–Crippen MR) is 81.1 cm³/mol. The van der Waals surface area contributed by atoms with Gasteiger partial charge in [0, 0.05) is 4.88 Å². The number of halogens is 1. The minimum Gasteiger partial charge on any atom is -0.255 e. The second kappa shape index (κ2) is 5.30. The van der Waals surface area contributed by atoms with Crippen LogP contribution < -0.4 is 4.72 Å². The summed E-state index contributed by atoms with van der Waals surface area (Å²) < 4.78 is 27.1. The van der Waals surface area contributed by atoms with Crippen LogP contribution in [-0.2, 0) is 22.9 Å². The molecule has 0 bridgehead atoms. The number of sulfonamides is 1. The molecule has 1 aromatic carbocycles. The van der Waals surface area contributed by atoms with Crippen LogP contribution in [0.2, 0.25) is 5.02 Å². The Morgan fingerprint density at radius 2 is 2.19 bits per heavy atom. The van der Waals surface area contributed by atoms with Crippen LogP contribution >= 0.6 is 22.9 Å². The van der Waals surface area contributed by atoms with Crippen LogP contribution in [0.3, 0.4) is 0 Å². The molecule has 0 radical (unpaired) electrons. The Hall–Kier alpha value is -1.62. The van der Waals surface area contributed by atoms with E-state index < -0.39 is 10.0 Å². The fraction of sp³-hybridized carbons (Fsp3) is 0.231. The first-order valence-corrected chi connectivity index (χ1v) is 8.88. The van der Waals surface area contributed by atoms with Crippen molar-refractivity contribution in [2.75, 3.05) is 4.72 Å². The number of anilines is 1. The molecule has 1 aliphatic carbocycles. The number of aromatic nitrogens is 1. The highest BCUT2D eigenvalue weighted by Crippen LogP contribution is 2.32. The fourth-order valence-corrected chi connectivity index (χ4v) is 4.76. The molecule has 8 heteroatoms. The lowest BCUT2D eigenvalue weighted by atomic mass is 10.2. The zero-order chi connectivity index (χ0) is 15.0. The molecule has 0 saturated heterocycles. The Bertz CT molecular complexity index is 831. The van der Waals surface area contributed by atoms with E-state index in [1.807, 2.05) is 6.07 Å². The number of fused-ring (bicyclic) bond motifs is 1. The molecule has 108 valence electrons. The fourth-order valence-electron chi connectivity index (χ4n) is 2.16. The highest BCUT2D eigenvalue weighted by molar-refractivity contribution is 7.93. The third kappa shape index (κ3) is 2.75. The van der Waals surface area contributed by atoms with Gasteiger partial charge in [-0.3, -0.25) is 4.72 Å². The topological polar surface area (TPSA) is 82.8 Å². The Morgan fingerprint density at radius 3 is 2.86 bits per heavy atom. The Balaban J connectivity index is 1.89. The van der Waals surface area contributed by atoms with E-state index in [0.29, 0.717) is 5.13 Å². The quantitative estimate of drug-likeness (QED) is 0.931. The first-order chi connectivity index (χ1) is 9.99. The molecule has 0 atom stereocenters. The van der Waals surface area contributed by atoms with Crippen molar-refractivity contribution in [2.45, 2.75) is 24.2 Å².